The van der Waals surface area contributed by atoms with Gasteiger partial charge in [-0.1, -0.05) is 17.8 Å². The molecule has 3 aliphatic rings. The number of alkyl halides is 3. The topological polar surface area (TPSA) is 82.1 Å². The smallest absolute Gasteiger partial charge is 0.351 e. The number of carbonyl (C=O) groups excluding carboxylic acids is 3. The van der Waals surface area contributed by atoms with Gasteiger partial charge >= 0.3 is 6.18 Å². The van der Waals surface area contributed by atoms with E-state index in [4.69, 9.17) is 0 Å². The lowest BCUT2D eigenvalue weighted by molar-refractivity contribution is -0.184. The summed E-state index contributed by atoms with van der Waals surface area (Å²) in [6, 6.07) is 6.14. The lowest BCUT2D eigenvalue weighted by Gasteiger charge is -2.33. The summed E-state index contributed by atoms with van der Waals surface area (Å²) in [5.41, 5.74) is 0.565. The molecule has 4 rings (SSSR count). The number of amidine groups is 1. The Kier molecular flexibility index (Phi) is 7.49. The average molecular weight is 497 g/mol. The van der Waals surface area contributed by atoms with Gasteiger partial charge in [0.1, 0.15) is 5.25 Å². The molecule has 0 spiro atoms. The van der Waals surface area contributed by atoms with Gasteiger partial charge in [-0.3, -0.25) is 14.4 Å². The average Bonchev–Trinajstić information content (AvgIpc) is 3.18. The number of nitrogens with zero attached hydrogens (tertiary/aromatic N) is 3. The van der Waals surface area contributed by atoms with Gasteiger partial charge < -0.3 is 15.1 Å². The fourth-order valence-corrected chi connectivity index (χ4v) is 5.57. The van der Waals surface area contributed by atoms with Crippen molar-refractivity contribution in [2.45, 2.75) is 50.0 Å². The third kappa shape index (κ3) is 5.92. The van der Waals surface area contributed by atoms with Gasteiger partial charge in [-0.15, -0.1) is 0 Å². The van der Waals surface area contributed by atoms with Crippen molar-refractivity contribution in [3.8, 4) is 0 Å². The number of rotatable bonds is 4. The minimum absolute atomic E-state index is 0.0183. The lowest BCUT2D eigenvalue weighted by Crippen LogP contribution is -2.44. The highest BCUT2D eigenvalue weighted by Gasteiger charge is 2.42. The van der Waals surface area contributed by atoms with Crippen molar-refractivity contribution < 1.29 is 27.6 Å². The van der Waals surface area contributed by atoms with E-state index in [2.05, 4.69) is 15.2 Å². The summed E-state index contributed by atoms with van der Waals surface area (Å²) in [6.45, 7) is 1.63. The Balaban J connectivity index is 1.33. The first kappa shape index (κ1) is 24.6. The fraction of sp³-hybridized carbons (Fsp3) is 0.565. The number of benzene rings is 1. The van der Waals surface area contributed by atoms with E-state index >= 15 is 0 Å². The van der Waals surface area contributed by atoms with Crippen molar-refractivity contribution >= 4 is 40.3 Å². The summed E-state index contributed by atoms with van der Waals surface area (Å²) >= 11 is 1.31. The van der Waals surface area contributed by atoms with Crippen LogP contribution in [0.25, 0.3) is 0 Å². The van der Waals surface area contributed by atoms with Gasteiger partial charge in [-0.2, -0.15) is 18.2 Å². The van der Waals surface area contributed by atoms with Gasteiger partial charge in [0.2, 0.25) is 5.91 Å². The molecule has 1 N–H and O–H groups in total. The van der Waals surface area contributed by atoms with Crippen molar-refractivity contribution in [3.05, 3.63) is 29.8 Å². The predicted octanol–water partition coefficient (Wildman–Crippen LogP) is 3.91. The van der Waals surface area contributed by atoms with Crippen LogP contribution in [0.1, 0.15) is 48.9 Å². The number of halogens is 3. The third-order valence-electron chi connectivity index (χ3n) is 6.29. The van der Waals surface area contributed by atoms with Crippen molar-refractivity contribution in [2.75, 3.05) is 31.5 Å². The quantitative estimate of drug-likeness (QED) is 0.684. The summed E-state index contributed by atoms with van der Waals surface area (Å²) in [6.07, 6.45) is -0.795. The van der Waals surface area contributed by atoms with E-state index in [1.54, 1.807) is 12.1 Å². The van der Waals surface area contributed by atoms with Crippen LogP contribution < -0.4 is 5.32 Å². The molecule has 184 valence electrons. The first-order valence-corrected chi connectivity index (χ1v) is 12.4. The Morgan fingerprint density at radius 2 is 1.88 bits per heavy atom. The van der Waals surface area contributed by atoms with Gasteiger partial charge in [0, 0.05) is 43.9 Å². The standard InChI is InChI=1S/C23H27F3N4O3S/c24-23(25,26)16-7-5-11-30(14-16)21(33)15-6-4-8-17(12-15)27-19(31)13-18-20(32)28-22(34-18)29-9-2-1-3-10-29/h4,6,8,12,16,18H,1-3,5,7,9-11,13-14H2,(H,27,31)/t16-,18-/m1/s1. The molecule has 1 aromatic carbocycles. The third-order valence-corrected chi connectivity index (χ3v) is 7.50. The molecule has 2 fully saturated rings. The monoisotopic (exact) mass is 496 g/mol. The number of carbonyl (C=O) groups is 3. The predicted molar refractivity (Wildman–Crippen MR) is 124 cm³/mol. The fourth-order valence-electron chi connectivity index (χ4n) is 4.45. The van der Waals surface area contributed by atoms with E-state index in [1.165, 1.54) is 28.8 Å². The van der Waals surface area contributed by atoms with Crippen LogP contribution in [0.4, 0.5) is 18.9 Å². The number of hydrogen-bond acceptors (Lipinski definition) is 5. The van der Waals surface area contributed by atoms with Crippen molar-refractivity contribution in [2.24, 2.45) is 10.9 Å². The van der Waals surface area contributed by atoms with Crippen LogP contribution in [0, 0.1) is 5.92 Å². The van der Waals surface area contributed by atoms with Crippen LogP contribution in [0.15, 0.2) is 29.3 Å². The number of amides is 3. The highest BCUT2D eigenvalue weighted by atomic mass is 32.2. The van der Waals surface area contributed by atoms with E-state index in [0.717, 1.165) is 32.4 Å². The second kappa shape index (κ2) is 10.4. The second-order valence-corrected chi connectivity index (χ2v) is 10.0. The Morgan fingerprint density at radius 3 is 2.62 bits per heavy atom. The Labute approximate surface area is 200 Å². The van der Waals surface area contributed by atoms with E-state index in [9.17, 15) is 27.6 Å². The molecule has 0 aromatic heterocycles. The van der Waals surface area contributed by atoms with Gasteiger partial charge in [0.15, 0.2) is 5.17 Å². The van der Waals surface area contributed by atoms with Crippen molar-refractivity contribution in [3.63, 3.8) is 0 Å². The van der Waals surface area contributed by atoms with Crippen LogP contribution in [0.3, 0.4) is 0 Å². The van der Waals surface area contributed by atoms with Crippen LogP contribution in [-0.2, 0) is 9.59 Å². The van der Waals surface area contributed by atoms with Gasteiger partial charge in [-0.25, -0.2) is 0 Å². The molecule has 3 aliphatic heterocycles. The number of aliphatic imine (C=N–C) groups is 1. The van der Waals surface area contributed by atoms with E-state index < -0.39 is 23.3 Å². The molecule has 0 aliphatic carbocycles. The maximum absolute atomic E-state index is 13.1. The molecule has 3 heterocycles. The van der Waals surface area contributed by atoms with E-state index in [-0.39, 0.29) is 43.3 Å². The van der Waals surface area contributed by atoms with Crippen LogP contribution in [-0.4, -0.2) is 70.3 Å². The number of nitrogens with one attached hydrogen (secondary N) is 1. The first-order chi connectivity index (χ1) is 16.2. The normalized spacial score (nSPS) is 23.6. The summed E-state index contributed by atoms with van der Waals surface area (Å²) in [7, 11) is 0. The number of thioether (sulfide) groups is 1. The summed E-state index contributed by atoms with van der Waals surface area (Å²) in [5, 5.41) is 2.78. The minimum atomic E-state index is -4.33. The summed E-state index contributed by atoms with van der Waals surface area (Å²) < 4.78 is 39.3. The molecule has 2 atom stereocenters. The Bertz CT molecular complexity index is 978. The maximum atomic E-state index is 13.1. The van der Waals surface area contributed by atoms with Crippen LogP contribution in [0.5, 0.6) is 0 Å². The Hall–Kier alpha value is -2.56. The van der Waals surface area contributed by atoms with Crippen molar-refractivity contribution in [1.82, 2.24) is 9.80 Å². The Morgan fingerprint density at radius 1 is 1.12 bits per heavy atom. The SMILES string of the molecule is O=C(C[C@H]1SC(N2CCCCC2)=NC1=O)Nc1cccc(C(=O)N2CCC[C@@H](C(F)(F)F)C2)c1. The van der Waals surface area contributed by atoms with Gasteiger partial charge in [-0.05, 0) is 50.3 Å². The van der Waals surface area contributed by atoms with E-state index in [1.807, 2.05) is 0 Å². The van der Waals surface area contributed by atoms with Crippen molar-refractivity contribution in [1.29, 1.82) is 0 Å². The largest absolute Gasteiger partial charge is 0.393 e. The molecule has 0 unspecified atom stereocenters. The molecular formula is C23H27F3N4O3S. The number of piperidine rings is 2. The zero-order valence-corrected chi connectivity index (χ0v) is 19.5. The highest BCUT2D eigenvalue weighted by molar-refractivity contribution is 8.15. The highest BCUT2D eigenvalue weighted by Crippen LogP contribution is 2.34. The number of anilines is 1. The lowest BCUT2D eigenvalue weighted by atomic mass is 9.97. The maximum Gasteiger partial charge on any atom is 0.393 e. The zero-order valence-electron chi connectivity index (χ0n) is 18.6. The zero-order chi connectivity index (χ0) is 24.3. The molecule has 0 saturated carbocycles. The summed E-state index contributed by atoms with van der Waals surface area (Å²) in [5.74, 6) is -2.73. The molecule has 11 heteroatoms. The van der Waals surface area contributed by atoms with Gasteiger partial charge in [0.05, 0.1) is 5.92 Å². The molecule has 7 nitrogen and oxygen atoms in total. The molecule has 34 heavy (non-hydrogen) atoms. The van der Waals surface area contributed by atoms with Gasteiger partial charge in [0.25, 0.3) is 11.8 Å². The second-order valence-electron chi connectivity index (χ2n) is 8.85. The molecule has 1 aromatic rings. The van der Waals surface area contributed by atoms with Crippen LogP contribution >= 0.6 is 11.8 Å². The first-order valence-electron chi connectivity index (χ1n) is 11.5. The molecular weight excluding hydrogens is 469 g/mol. The molecule has 0 radical (unpaired) electrons. The number of hydrogen-bond donors (Lipinski definition) is 1. The molecule has 2 saturated heterocycles. The minimum Gasteiger partial charge on any atom is -0.351 e. The molecule has 0 bridgehead atoms. The summed E-state index contributed by atoms with van der Waals surface area (Å²) in [4.78, 5) is 45.1. The number of likely N-dealkylation sites (tertiary alicyclic amines) is 2. The molecule has 3 amide bonds. The van der Waals surface area contributed by atoms with E-state index in [0.29, 0.717) is 17.3 Å². The van der Waals surface area contributed by atoms with Crippen LogP contribution in [0.2, 0.25) is 0 Å².